The van der Waals surface area contributed by atoms with Gasteiger partial charge in [0.25, 0.3) is 0 Å². The number of likely N-dealkylation sites (N-methyl/N-ethyl adjacent to an activating group) is 1. The molecule has 1 N–H and O–H groups in total. The van der Waals surface area contributed by atoms with Crippen molar-refractivity contribution in [1.29, 1.82) is 0 Å². The van der Waals surface area contributed by atoms with Gasteiger partial charge >= 0.3 is 0 Å². The van der Waals surface area contributed by atoms with Crippen molar-refractivity contribution in [3.63, 3.8) is 0 Å². The van der Waals surface area contributed by atoms with Gasteiger partial charge in [0.15, 0.2) is 0 Å². The van der Waals surface area contributed by atoms with E-state index in [-0.39, 0.29) is 5.54 Å². The molecule has 2 aliphatic rings. The van der Waals surface area contributed by atoms with Gasteiger partial charge in [0.05, 0.1) is 12.6 Å². The quantitative estimate of drug-likeness (QED) is 0.554. The van der Waals surface area contributed by atoms with E-state index in [0.29, 0.717) is 11.9 Å². The zero-order chi connectivity index (χ0) is 23.0. The molecule has 6 heteroatoms. The van der Waals surface area contributed by atoms with Crippen LogP contribution in [-0.4, -0.2) is 54.2 Å². The lowest BCUT2D eigenvalue weighted by Gasteiger charge is -2.46. The monoisotopic (exact) mass is 445 g/mol. The minimum atomic E-state index is 0.173. The molecular formula is C27H35N5O. The van der Waals surface area contributed by atoms with E-state index < -0.39 is 0 Å². The first-order chi connectivity index (χ1) is 15.9. The van der Waals surface area contributed by atoms with Crippen LogP contribution in [0.5, 0.6) is 5.75 Å². The number of nitrogens with zero attached hydrogens (tertiary/aromatic N) is 4. The lowest BCUT2D eigenvalue weighted by Crippen LogP contribution is -2.57. The lowest BCUT2D eigenvalue weighted by atomic mass is 9.94. The Kier molecular flexibility index (Phi) is 5.87. The highest BCUT2D eigenvalue weighted by Gasteiger charge is 2.31. The standard InChI is InChI=1S/C27H35N5O/c1-27(2)18-32(16-15-31(27)3)22-12-10-21(11-13-22)29-26-28-17-20-9-14-23(33-4)24(25(20)30-26)19-7-5-6-8-19/h9-14,17,19H,5-8,15-16,18H2,1-4H3,(H,28,29,30). The predicted octanol–water partition coefficient (Wildman–Crippen LogP) is 5.57. The van der Waals surface area contributed by atoms with E-state index >= 15 is 0 Å². The topological polar surface area (TPSA) is 53.5 Å². The Morgan fingerprint density at radius 1 is 1.03 bits per heavy atom. The van der Waals surface area contributed by atoms with E-state index in [9.17, 15) is 0 Å². The normalized spacial score (nSPS) is 19.2. The molecular weight excluding hydrogens is 410 g/mol. The molecule has 2 heterocycles. The first-order valence-corrected chi connectivity index (χ1v) is 12.1. The molecule has 1 aliphatic carbocycles. The molecule has 0 spiro atoms. The van der Waals surface area contributed by atoms with Crippen LogP contribution in [-0.2, 0) is 0 Å². The zero-order valence-electron chi connectivity index (χ0n) is 20.3. The van der Waals surface area contributed by atoms with Gasteiger partial charge in [0, 0.05) is 53.7 Å². The number of aromatic nitrogens is 2. The van der Waals surface area contributed by atoms with Crippen LogP contribution in [0, 0.1) is 0 Å². The van der Waals surface area contributed by atoms with Crippen LogP contribution in [0.15, 0.2) is 42.6 Å². The van der Waals surface area contributed by atoms with Gasteiger partial charge in [-0.2, -0.15) is 0 Å². The second-order valence-corrected chi connectivity index (χ2v) is 10.1. The number of hydrogen-bond acceptors (Lipinski definition) is 6. The first kappa shape index (κ1) is 22.0. The molecule has 2 aromatic carbocycles. The average molecular weight is 446 g/mol. The third kappa shape index (κ3) is 4.36. The second kappa shape index (κ2) is 8.82. The molecule has 1 saturated heterocycles. The van der Waals surface area contributed by atoms with Crippen molar-refractivity contribution in [1.82, 2.24) is 14.9 Å². The molecule has 0 bridgehead atoms. The third-order valence-corrected chi connectivity index (χ3v) is 7.54. The van der Waals surface area contributed by atoms with Gasteiger partial charge in [-0.15, -0.1) is 0 Å². The van der Waals surface area contributed by atoms with Crippen LogP contribution in [0.3, 0.4) is 0 Å². The van der Waals surface area contributed by atoms with Gasteiger partial charge in [-0.1, -0.05) is 12.8 Å². The molecule has 1 aliphatic heterocycles. The van der Waals surface area contributed by atoms with Crippen LogP contribution in [0.25, 0.3) is 10.9 Å². The maximum atomic E-state index is 5.73. The van der Waals surface area contributed by atoms with Crippen molar-refractivity contribution >= 4 is 28.2 Å². The largest absolute Gasteiger partial charge is 0.496 e. The number of hydrogen-bond donors (Lipinski definition) is 1. The van der Waals surface area contributed by atoms with Crippen molar-refractivity contribution in [3.05, 3.63) is 48.2 Å². The maximum absolute atomic E-state index is 5.73. The Morgan fingerprint density at radius 3 is 2.48 bits per heavy atom. The number of methoxy groups -OCH3 is 1. The fourth-order valence-electron chi connectivity index (χ4n) is 5.29. The summed E-state index contributed by atoms with van der Waals surface area (Å²) in [7, 11) is 3.96. The van der Waals surface area contributed by atoms with E-state index in [1.807, 2.05) is 6.20 Å². The molecule has 0 amide bonds. The first-order valence-electron chi connectivity index (χ1n) is 12.1. The summed E-state index contributed by atoms with van der Waals surface area (Å²) in [6.45, 7) is 7.76. The molecule has 0 atom stereocenters. The minimum Gasteiger partial charge on any atom is -0.496 e. The van der Waals surface area contributed by atoms with E-state index in [1.165, 1.54) is 36.9 Å². The van der Waals surface area contributed by atoms with E-state index in [4.69, 9.17) is 9.72 Å². The highest BCUT2D eigenvalue weighted by atomic mass is 16.5. The smallest absolute Gasteiger partial charge is 0.227 e. The van der Waals surface area contributed by atoms with E-state index in [2.05, 4.69) is 77.4 Å². The zero-order valence-corrected chi connectivity index (χ0v) is 20.3. The van der Waals surface area contributed by atoms with Gasteiger partial charge in [-0.3, -0.25) is 4.90 Å². The van der Waals surface area contributed by atoms with Crippen molar-refractivity contribution in [2.45, 2.75) is 51.0 Å². The van der Waals surface area contributed by atoms with Gasteiger partial charge in [0.1, 0.15) is 5.75 Å². The third-order valence-electron chi connectivity index (χ3n) is 7.54. The molecule has 6 nitrogen and oxygen atoms in total. The summed E-state index contributed by atoms with van der Waals surface area (Å²) in [4.78, 5) is 14.4. The predicted molar refractivity (Wildman–Crippen MR) is 136 cm³/mol. The molecule has 5 rings (SSSR count). The van der Waals surface area contributed by atoms with Crippen molar-refractivity contribution < 1.29 is 4.74 Å². The minimum absolute atomic E-state index is 0.173. The SMILES string of the molecule is COc1ccc2cnc(Nc3ccc(N4CCN(C)C(C)(C)C4)cc3)nc2c1C1CCCC1. The van der Waals surface area contributed by atoms with Gasteiger partial charge < -0.3 is 15.0 Å². The number of piperazine rings is 1. The van der Waals surface area contributed by atoms with Crippen molar-refractivity contribution in [2.24, 2.45) is 0 Å². The van der Waals surface area contributed by atoms with Crippen LogP contribution < -0.4 is 15.0 Å². The van der Waals surface area contributed by atoms with E-state index in [0.717, 1.165) is 42.0 Å². The Balaban J connectivity index is 1.38. The number of rotatable bonds is 5. The summed E-state index contributed by atoms with van der Waals surface area (Å²) in [5.74, 6) is 2.08. The summed E-state index contributed by atoms with van der Waals surface area (Å²) in [5.41, 5.74) is 4.68. The molecule has 174 valence electrons. The summed E-state index contributed by atoms with van der Waals surface area (Å²) < 4.78 is 5.73. The Labute approximate surface area is 197 Å². The molecule has 1 saturated carbocycles. The fraction of sp³-hybridized carbons (Fsp3) is 0.481. The number of fused-ring (bicyclic) bond motifs is 1. The molecule has 0 unspecified atom stereocenters. The van der Waals surface area contributed by atoms with Crippen LogP contribution in [0.1, 0.15) is 51.0 Å². The highest BCUT2D eigenvalue weighted by Crippen LogP contribution is 2.42. The molecule has 2 fully saturated rings. The highest BCUT2D eigenvalue weighted by molar-refractivity contribution is 5.85. The van der Waals surface area contributed by atoms with Crippen molar-refractivity contribution in [2.75, 3.05) is 44.0 Å². The van der Waals surface area contributed by atoms with Crippen LogP contribution in [0.4, 0.5) is 17.3 Å². The summed E-state index contributed by atoms with van der Waals surface area (Å²) in [5, 5.41) is 4.48. The van der Waals surface area contributed by atoms with Crippen LogP contribution >= 0.6 is 0 Å². The summed E-state index contributed by atoms with van der Waals surface area (Å²) >= 11 is 0. The Bertz CT molecular complexity index is 1120. The van der Waals surface area contributed by atoms with E-state index in [1.54, 1.807) is 7.11 Å². The Morgan fingerprint density at radius 2 is 1.79 bits per heavy atom. The molecule has 3 aromatic rings. The van der Waals surface area contributed by atoms with Gasteiger partial charge in [-0.05, 0) is 76.1 Å². The lowest BCUT2D eigenvalue weighted by molar-refractivity contribution is 0.139. The second-order valence-electron chi connectivity index (χ2n) is 10.1. The number of anilines is 3. The summed E-state index contributed by atoms with van der Waals surface area (Å²) in [6.07, 6.45) is 6.87. The van der Waals surface area contributed by atoms with Crippen LogP contribution in [0.2, 0.25) is 0 Å². The molecule has 0 radical (unpaired) electrons. The maximum Gasteiger partial charge on any atom is 0.227 e. The van der Waals surface area contributed by atoms with Gasteiger partial charge in [-0.25, -0.2) is 9.97 Å². The number of nitrogens with one attached hydrogen (secondary N) is 1. The molecule has 33 heavy (non-hydrogen) atoms. The number of ether oxygens (including phenoxy) is 1. The van der Waals surface area contributed by atoms with Gasteiger partial charge in [0.2, 0.25) is 5.95 Å². The Hall–Kier alpha value is -2.86. The molecule has 1 aromatic heterocycles. The number of benzene rings is 2. The fourth-order valence-corrected chi connectivity index (χ4v) is 5.29. The average Bonchev–Trinajstić information content (AvgIpc) is 3.35. The van der Waals surface area contributed by atoms with Crippen molar-refractivity contribution in [3.8, 4) is 5.75 Å². The summed E-state index contributed by atoms with van der Waals surface area (Å²) in [6, 6.07) is 12.7.